The Labute approximate surface area is 163 Å². The topological polar surface area (TPSA) is 65.6 Å². The maximum Gasteiger partial charge on any atom is 0.410 e. The minimum absolute atomic E-state index is 0.272. The molecule has 1 aliphatic heterocycles. The van der Waals surface area contributed by atoms with Crippen molar-refractivity contribution in [3.8, 4) is 0 Å². The fourth-order valence-corrected chi connectivity index (χ4v) is 4.12. The van der Waals surface area contributed by atoms with Gasteiger partial charge in [0.1, 0.15) is 6.04 Å². The number of amides is 1. The number of carbonyl (C=O) groups excluding carboxylic acids is 1. The Balaban J connectivity index is 1.83. The third kappa shape index (κ3) is 3.26. The van der Waals surface area contributed by atoms with Crippen molar-refractivity contribution in [2.75, 3.05) is 13.2 Å². The molecule has 27 heavy (non-hydrogen) atoms. The highest BCUT2D eigenvalue weighted by Gasteiger charge is 2.37. The van der Waals surface area contributed by atoms with E-state index < -0.39 is 5.60 Å². The Hall–Kier alpha value is -2.24. The molecule has 142 valence electrons. The zero-order valence-corrected chi connectivity index (χ0v) is 16.2. The quantitative estimate of drug-likeness (QED) is 0.797. The summed E-state index contributed by atoms with van der Waals surface area (Å²) < 4.78 is 5.30. The van der Waals surface area contributed by atoms with Crippen molar-refractivity contribution in [2.24, 2.45) is 0 Å². The average molecular weight is 387 g/mol. The van der Waals surface area contributed by atoms with Gasteiger partial charge in [-0.05, 0) is 56.0 Å². The molecule has 0 radical (unpaired) electrons. The number of rotatable bonds is 2. The van der Waals surface area contributed by atoms with Crippen molar-refractivity contribution >= 4 is 28.6 Å². The van der Waals surface area contributed by atoms with Crippen LogP contribution >= 0.6 is 11.6 Å². The second-order valence-electron chi connectivity index (χ2n) is 7.35. The number of carbonyl (C=O) groups is 1. The Morgan fingerprint density at radius 1 is 1.48 bits per heavy atom. The molecule has 2 atom stereocenters. The third-order valence-corrected chi connectivity index (χ3v) is 5.53. The predicted molar refractivity (Wildman–Crippen MR) is 106 cm³/mol. The van der Waals surface area contributed by atoms with E-state index in [4.69, 9.17) is 16.3 Å². The number of hydrogen-bond acceptors (Lipinski definition) is 3. The summed E-state index contributed by atoms with van der Waals surface area (Å²) in [6, 6.07) is 5.53. The number of halogens is 1. The van der Waals surface area contributed by atoms with Crippen LogP contribution in [0.1, 0.15) is 37.6 Å². The molecule has 1 amide bonds. The number of hydrogen-bond donors (Lipinski definition) is 2. The summed E-state index contributed by atoms with van der Waals surface area (Å²) in [5.41, 5.74) is 3.30. The number of ether oxygens (including phenoxy) is 1. The zero-order valence-electron chi connectivity index (χ0n) is 15.5. The van der Waals surface area contributed by atoms with Crippen molar-refractivity contribution < 1.29 is 14.6 Å². The van der Waals surface area contributed by atoms with E-state index in [-0.39, 0.29) is 12.1 Å². The van der Waals surface area contributed by atoms with Gasteiger partial charge in [0.05, 0.1) is 12.2 Å². The molecule has 0 saturated heterocycles. The second kappa shape index (κ2) is 6.73. The molecule has 6 heteroatoms. The average Bonchev–Trinajstić information content (AvgIpc) is 2.99. The molecule has 2 aliphatic rings. The highest BCUT2D eigenvalue weighted by molar-refractivity contribution is 6.31. The normalized spacial score (nSPS) is 24.7. The van der Waals surface area contributed by atoms with Crippen LogP contribution < -0.4 is 0 Å². The van der Waals surface area contributed by atoms with Crippen LogP contribution in [0.3, 0.4) is 0 Å². The Morgan fingerprint density at radius 2 is 2.30 bits per heavy atom. The molecule has 0 saturated carbocycles. The number of nitrogens with one attached hydrogen (secondary N) is 1. The van der Waals surface area contributed by atoms with Gasteiger partial charge in [-0.1, -0.05) is 29.8 Å². The molecule has 1 aromatic carbocycles. The minimum atomic E-state index is -0.857. The number of aromatic amines is 1. The number of nitrogens with zero attached hydrogens (tertiary/aromatic N) is 1. The van der Waals surface area contributed by atoms with E-state index in [1.807, 2.05) is 37.3 Å². The lowest BCUT2D eigenvalue weighted by atomic mass is 9.86. The Morgan fingerprint density at radius 3 is 3.00 bits per heavy atom. The van der Waals surface area contributed by atoms with E-state index in [2.05, 4.69) is 4.98 Å². The first-order chi connectivity index (χ1) is 12.9. The number of fused-ring (bicyclic) bond motifs is 3. The van der Waals surface area contributed by atoms with Crippen molar-refractivity contribution in [3.63, 3.8) is 0 Å². The van der Waals surface area contributed by atoms with E-state index in [9.17, 15) is 9.90 Å². The van der Waals surface area contributed by atoms with Gasteiger partial charge >= 0.3 is 6.09 Å². The molecule has 0 spiro atoms. The predicted octanol–water partition coefficient (Wildman–Crippen LogP) is 4.51. The van der Waals surface area contributed by atoms with Crippen molar-refractivity contribution in [2.45, 2.75) is 38.3 Å². The van der Waals surface area contributed by atoms with Gasteiger partial charge in [-0.15, -0.1) is 0 Å². The summed E-state index contributed by atoms with van der Waals surface area (Å²) >= 11 is 6.21. The number of benzene rings is 1. The van der Waals surface area contributed by atoms with Gasteiger partial charge < -0.3 is 14.8 Å². The first-order valence-electron chi connectivity index (χ1n) is 9.24. The van der Waals surface area contributed by atoms with Crippen LogP contribution in [0.15, 0.2) is 42.0 Å². The largest absolute Gasteiger partial charge is 0.450 e. The molecule has 2 aromatic rings. The van der Waals surface area contributed by atoms with Gasteiger partial charge in [-0.3, -0.25) is 4.90 Å². The van der Waals surface area contributed by atoms with Crippen LogP contribution in [-0.4, -0.2) is 39.8 Å². The van der Waals surface area contributed by atoms with Gasteiger partial charge in [0.15, 0.2) is 0 Å². The van der Waals surface area contributed by atoms with E-state index >= 15 is 0 Å². The molecule has 2 unspecified atom stereocenters. The van der Waals surface area contributed by atoms with Crippen molar-refractivity contribution in [3.05, 3.63) is 58.3 Å². The SMILES string of the molecule is CCOC(=O)N1CCc2c([nH]c3ccc(Cl)cc23)C1C1=CCC(C)(O)C=C1. The van der Waals surface area contributed by atoms with Crippen molar-refractivity contribution in [1.29, 1.82) is 0 Å². The molecule has 2 N–H and O–H groups in total. The number of H-pyrrole nitrogens is 1. The second-order valence-corrected chi connectivity index (χ2v) is 7.79. The molecule has 0 fully saturated rings. The first kappa shape index (κ1) is 18.1. The third-order valence-electron chi connectivity index (χ3n) is 5.29. The summed E-state index contributed by atoms with van der Waals surface area (Å²) in [6.07, 6.45) is 6.63. The lowest BCUT2D eigenvalue weighted by Crippen LogP contribution is -2.41. The Bertz CT molecular complexity index is 958. The maximum absolute atomic E-state index is 12.6. The van der Waals surface area contributed by atoms with Crippen molar-refractivity contribution in [1.82, 2.24) is 9.88 Å². The van der Waals surface area contributed by atoms with Gasteiger partial charge in [-0.25, -0.2) is 4.79 Å². The summed E-state index contributed by atoms with van der Waals surface area (Å²) in [5, 5.41) is 12.0. The first-order valence-corrected chi connectivity index (χ1v) is 9.62. The van der Waals surface area contributed by atoms with Crippen LogP contribution in [-0.2, 0) is 11.2 Å². The van der Waals surface area contributed by atoms with Crippen LogP contribution in [0.2, 0.25) is 5.02 Å². The minimum Gasteiger partial charge on any atom is -0.450 e. The van der Waals surface area contributed by atoms with Crippen LogP contribution in [0.25, 0.3) is 10.9 Å². The maximum atomic E-state index is 12.6. The fraction of sp³-hybridized carbons (Fsp3) is 0.381. The molecular formula is C21H23ClN2O3. The molecule has 1 aliphatic carbocycles. The summed E-state index contributed by atoms with van der Waals surface area (Å²) in [5.74, 6) is 0. The number of aromatic nitrogens is 1. The number of aliphatic hydroxyl groups is 1. The lowest BCUT2D eigenvalue weighted by Gasteiger charge is -2.37. The van der Waals surface area contributed by atoms with E-state index in [1.165, 1.54) is 5.56 Å². The highest BCUT2D eigenvalue weighted by atomic mass is 35.5. The van der Waals surface area contributed by atoms with E-state index in [0.717, 1.165) is 28.6 Å². The standard InChI is InChI=1S/C21H23ClN2O3/c1-3-27-20(25)24-11-8-15-16-12-14(22)4-5-17(16)23-18(15)19(24)13-6-9-21(2,26)10-7-13/h4-7,9,12,19,23,26H,3,8,10-11H2,1-2H3. The van der Waals surface area contributed by atoms with Gasteiger partial charge in [0, 0.05) is 28.2 Å². The van der Waals surface area contributed by atoms with Crippen LogP contribution in [0, 0.1) is 0 Å². The summed E-state index contributed by atoms with van der Waals surface area (Å²) in [4.78, 5) is 17.9. The molecule has 5 nitrogen and oxygen atoms in total. The smallest absolute Gasteiger partial charge is 0.410 e. The molecule has 1 aromatic heterocycles. The molecule has 2 heterocycles. The Kier molecular flexibility index (Phi) is 4.52. The summed E-state index contributed by atoms with van der Waals surface area (Å²) in [7, 11) is 0. The molecule has 0 bridgehead atoms. The van der Waals surface area contributed by atoms with E-state index in [0.29, 0.717) is 24.6 Å². The zero-order chi connectivity index (χ0) is 19.2. The molecular weight excluding hydrogens is 364 g/mol. The lowest BCUT2D eigenvalue weighted by molar-refractivity contribution is 0.0916. The summed E-state index contributed by atoms with van der Waals surface area (Å²) in [6.45, 7) is 4.49. The van der Waals surface area contributed by atoms with Gasteiger partial charge in [-0.2, -0.15) is 0 Å². The monoisotopic (exact) mass is 386 g/mol. The molecule has 4 rings (SSSR count). The van der Waals surface area contributed by atoms with Crippen LogP contribution in [0.5, 0.6) is 0 Å². The highest BCUT2D eigenvalue weighted by Crippen LogP contribution is 2.41. The van der Waals surface area contributed by atoms with Crippen LogP contribution in [0.4, 0.5) is 4.79 Å². The fourth-order valence-electron chi connectivity index (χ4n) is 3.95. The van der Waals surface area contributed by atoms with Gasteiger partial charge in [0.2, 0.25) is 0 Å². The van der Waals surface area contributed by atoms with E-state index in [1.54, 1.807) is 17.9 Å². The van der Waals surface area contributed by atoms with Gasteiger partial charge in [0.25, 0.3) is 0 Å².